The van der Waals surface area contributed by atoms with Crippen molar-refractivity contribution < 1.29 is 14.7 Å². The van der Waals surface area contributed by atoms with Crippen LogP contribution < -0.4 is 10.6 Å². The quantitative estimate of drug-likeness (QED) is 0.778. The van der Waals surface area contributed by atoms with E-state index in [4.69, 9.17) is 10.8 Å². The molecule has 2 aromatic rings. The number of primary amides is 1. The van der Waals surface area contributed by atoms with Crippen molar-refractivity contribution in [1.29, 1.82) is 0 Å². The first kappa shape index (κ1) is 13.0. The van der Waals surface area contributed by atoms with E-state index in [9.17, 15) is 9.59 Å². The highest BCUT2D eigenvalue weighted by atomic mass is 16.4. The van der Waals surface area contributed by atoms with E-state index in [1.807, 2.05) is 4.90 Å². The third-order valence-electron chi connectivity index (χ3n) is 3.33. The summed E-state index contributed by atoms with van der Waals surface area (Å²) in [6.07, 6.45) is 2.94. The molecule has 9 heteroatoms. The number of carbonyl (C=O) groups is 2. The average Bonchev–Trinajstić information content (AvgIpc) is 2.87. The molecular formula is C12H12N6O3. The Morgan fingerprint density at radius 3 is 2.71 bits per heavy atom. The molecule has 3 rings (SSSR count). The highest BCUT2D eigenvalue weighted by Gasteiger charge is 2.30. The molecule has 0 atom stereocenters. The standard InChI is InChI=1S/C12H12N6O3/c13-11(19)9-3-7(1-2-14-9)17-4-8(5-17)18-6-10(12(20)21)15-16-18/h1-3,6,8H,4-5H2,(H2,13,19)(H,20,21). The van der Waals surface area contributed by atoms with Crippen molar-refractivity contribution >= 4 is 17.6 Å². The van der Waals surface area contributed by atoms with Gasteiger partial charge in [0.15, 0.2) is 5.69 Å². The molecule has 1 aliphatic heterocycles. The van der Waals surface area contributed by atoms with E-state index in [1.165, 1.54) is 17.1 Å². The molecule has 108 valence electrons. The number of anilines is 1. The summed E-state index contributed by atoms with van der Waals surface area (Å²) in [5, 5.41) is 16.2. The molecule has 21 heavy (non-hydrogen) atoms. The van der Waals surface area contributed by atoms with Crippen molar-refractivity contribution in [1.82, 2.24) is 20.0 Å². The number of amides is 1. The maximum absolute atomic E-state index is 11.1. The van der Waals surface area contributed by atoms with Crippen LogP contribution in [-0.4, -0.2) is 50.1 Å². The molecule has 0 bridgehead atoms. The summed E-state index contributed by atoms with van der Waals surface area (Å²) in [5.41, 5.74) is 6.17. The zero-order valence-corrected chi connectivity index (χ0v) is 10.9. The Morgan fingerprint density at radius 2 is 2.10 bits per heavy atom. The summed E-state index contributed by atoms with van der Waals surface area (Å²) in [7, 11) is 0. The molecule has 3 heterocycles. The summed E-state index contributed by atoms with van der Waals surface area (Å²) < 4.78 is 1.54. The molecule has 1 aliphatic rings. The predicted molar refractivity (Wildman–Crippen MR) is 71.0 cm³/mol. The predicted octanol–water partition coefficient (Wildman–Crippen LogP) is -0.469. The molecule has 3 N–H and O–H groups in total. The molecular weight excluding hydrogens is 276 g/mol. The molecule has 0 spiro atoms. The fourth-order valence-corrected chi connectivity index (χ4v) is 2.14. The molecule has 1 fully saturated rings. The normalized spacial score (nSPS) is 14.8. The SMILES string of the molecule is NC(=O)c1cc(N2CC(n3cc(C(=O)O)nn3)C2)ccn1. The van der Waals surface area contributed by atoms with Crippen LogP contribution in [0.5, 0.6) is 0 Å². The highest BCUT2D eigenvalue weighted by molar-refractivity contribution is 5.91. The van der Waals surface area contributed by atoms with Crippen molar-refractivity contribution in [2.75, 3.05) is 18.0 Å². The van der Waals surface area contributed by atoms with Crippen LogP contribution in [0.25, 0.3) is 0 Å². The largest absolute Gasteiger partial charge is 0.476 e. The number of pyridine rings is 1. The molecule has 1 amide bonds. The fraction of sp³-hybridized carbons (Fsp3) is 0.250. The van der Waals surface area contributed by atoms with Gasteiger partial charge in [-0.15, -0.1) is 5.10 Å². The summed E-state index contributed by atoms with van der Waals surface area (Å²) in [6.45, 7) is 1.29. The van der Waals surface area contributed by atoms with E-state index in [1.54, 1.807) is 12.1 Å². The van der Waals surface area contributed by atoms with Crippen LogP contribution in [0.1, 0.15) is 27.0 Å². The van der Waals surface area contributed by atoms with Crippen molar-refractivity contribution in [3.8, 4) is 0 Å². The number of nitrogens with zero attached hydrogens (tertiary/aromatic N) is 5. The zero-order chi connectivity index (χ0) is 15.0. The third-order valence-corrected chi connectivity index (χ3v) is 3.33. The van der Waals surface area contributed by atoms with Crippen molar-refractivity contribution in [2.45, 2.75) is 6.04 Å². The lowest BCUT2D eigenvalue weighted by Gasteiger charge is -2.40. The lowest BCUT2D eigenvalue weighted by Crippen LogP contribution is -2.48. The summed E-state index contributed by atoms with van der Waals surface area (Å²) in [6, 6.07) is 3.46. The van der Waals surface area contributed by atoms with Crippen LogP contribution >= 0.6 is 0 Å². The van der Waals surface area contributed by atoms with Crippen LogP contribution in [0.3, 0.4) is 0 Å². The summed E-state index contributed by atoms with van der Waals surface area (Å²) in [4.78, 5) is 27.8. The molecule has 0 aromatic carbocycles. The Bertz CT molecular complexity index is 707. The zero-order valence-electron chi connectivity index (χ0n) is 10.9. The Labute approximate surface area is 119 Å². The Balaban J connectivity index is 1.68. The third kappa shape index (κ3) is 2.40. The minimum Gasteiger partial charge on any atom is -0.476 e. The fourth-order valence-electron chi connectivity index (χ4n) is 2.14. The number of carboxylic acid groups (broad SMARTS) is 1. The van der Waals surface area contributed by atoms with Crippen molar-refractivity contribution in [3.05, 3.63) is 35.9 Å². The number of rotatable bonds is 4. The second-order valence-corrected chi connectivity index (χ2v) is 4.71. The van der Waals surface area contributed by atoms with Gasteiger partial charge in [0.2, 0.25) is 0 Å². The van der Waals surface area contributed by atoms with Crippen molar-refractivity contribution in [2.24, 2.45) is 5.73 Å². The summed E-state index contributed by atoms with van der Waals surface area (Å²) >= 11 is 0. The highest BCUT2D eigenvalue weighted by Crippen LogP contribution is 2.27. The van der Waals surface area contributed by atoms with Gasteiger partial charge in [-0.25, -0.2) is 9.48 Å². The number of carbonyl (C=O) groups excluding carboxylic acids is 1. The molecule has 2 aromatic heterocycles. The number of nitrogens with two attached hydrogens (primary N) is 1. The van der Waals surface area contributed by atoms with Crippen LogP contribution in [0, 0.1) is 0 Å². The van der Waals surface area contributed by atoms with Crippen LogP contribution in [0.2, 0.25) is 0 Å². The van der Waals surface area contributed by atoms with E-state index >= 15 is 0 Å². The second-order valence-electron chi connectivity index (χ2n) is 4.71. The van der Waals surface area contributed by atoms with E-state index < -0.39 is 11.9 Å². The Morgan fingerprint density at radius 1 is 1.33 bits per heavy atom. The molecule has 0 saturated carbocycles. The van der Waals surface area contributed by atoms with E-state index in [0.29, 0.717) is 13.1 Å². The maximum Gasteiger partial charge on any atom is 0.358 e. The average molecular weight is 288 g/mol. The number of carboxylic acids is 1. The molecule has 0 radical (unpaired) electrons. The van der Waals surface area contributed by atoms with E-state index in [0.717, 1.165) is 5.69 Å². The Kier molecular flexibility index (Phi) is 3.01. The molecule has 9 nitrogen and oxygen atoms in total. The Hall–Kier alpha value is -2.97. The van der Waals surface area contributed by atoms with Gasteiger partial charge in [-0.1, -0.05) is 5.21 Å². The van der Waals surface area contributed by atoms with Gasteiger partial charge in [-0.3, -0.25) is 9.78 Å². The van der Waals surface area contributed by atoms with Crippen LogP contribution in [-0.2, 0) is 0 Å². The first-order valence-corrected chi connectivity index (χ1v) is 6.20. The van der Waals surface area contributed by atoms with Gasteiger partial charge in [-0.05, 0) is 12.1 Å². The van der Waals surface area contributed by atoms with Gasteiger partial charge in [-0.2, -0.15) is 0 Å². The first-order valence-electron chi connectivity index (χ1n) is 6.20. The van der Waals surface area contributed by atoms with Gasteiger partial charge in [0, 0.05) is 25.0 Å². The lowest BCUT2D eigenvalue weighted by molar-refractivity contribution is 0.0690. The number of hydrogen-bond donors (Lipinski definition) is 2. The second kappa shape index (κ2) is 4.85. The van der Waals surface area contributed by atoms with Gasteiger partial charge in [0.1, 0.15) is 5.69 Å². The van der Waals surface area contributed by atoms with Crippen LogP contribution in [0.4, 0.5) is 5.69 Å². The number of aromatic nitrogens is 4. The van der Waals surface area contributed by atoms with Gasteiger partial charge in [0.25, 0.3) is 5.91 Å². The number of aromatic carboxylic acids is 1. The summed E-state index contributed by atoms with van der Waals surface area (Å²) in [5.74, 6) is -1.67. The van der Waals surface area contributed by atoms with Crippen molar-refractivity contribution in [3.63, 3.8) is 0 Å². The smallest absolute Gasteiger partial charge is 0.358 e. The monoisotopic (exact) mass is 288 g/mol. The maximum atomic E-state index is 11.1. The van der Waals surface area contributed by atoms with Gasteiger partial charge >= 0.3 is 5.97 Å². The molecule has 0 aliphatic carbocycles. The topological polar surface area (TPSA) is 127 Å². The van der Waals surface area contributed by atoms with Gasteiger partial charge < -0.3 is 15.7 Å². The van der Waals surface area contributed by atoms with Crippen LogP contribution in [0.15, 0.2) is 24.5 Å². The van der Waals surface area contributed by atoms with E-state index in [2.05, 4.69) is 15.3 Å². The van der Waals surface area contributed by atoms with E-state index in [-0.39, 0.29) is 17.4 Å². The minimum absolute atomic E-state index is 0.0517. The minimum atomic E-state index is -1.10. The van der Waals surface area contributed by atoms with Gasteiger partial charge in [0.05, 0.1) is 12.2 Å². The lowest BCUT2D eigenvalue weighted by atomic mass is 10.1. The molecule has 0 unspecified atom stereocenters. The molecule has 1 saturated heterocycles. The number of hydrogen-bond acceptors (Lipinski definition) is 6. The first-order chi connectivity index (χ1) is 10.0.